The van der Waals surface area contributed by atoms with Crippen molar-refractivity contribution in [3.05, 3.63) is 34.1 Å². The molecular formula is C15H19BrFN3O4S. The van der Waals surface area contributed by atoms with Gasteiger partial charge in [0.1, 0.15) is 21.9 Å². The Labute approximate surface area is 154 Å². The van der Waals surface area contributed by atoms with E-state index in [0.717, 1.165) is 4.31 Å². The number of nitrogens with one attached hydrogen (secondary N) is 1. The molecule has 1 amide bonds. The fourth-order valence-corrected chi connectivity index (χ4v) is 4.69. The van der Waals surface area contributed by atoms with Crippen molar-refractivity contribution in [3.63, 3.8) is 0 Å². The lowest BCUT2D eigenvalue weighted by molar-refractivity contribution is 0.199. The number of halogens is 2. The van der Waals surface area contributed by atoms with Gasteiger partial charge in [-0.3, -0.25) is 10.3 Å². The molecule has 1 unspecified atom stereocenters. The number of carbonyl (C=O) groups is 1. The Balaban J connectivity index is 2.77. The lowest BCUT2D eigenvalue weighted by Gasteiger charge is -2.29. The number of hydrogen-bond donors (Lipinski definition) is 2. The number of likely N-dealkylation sites (N-methyl/N-ethyl adjacent to an activating group) is 1. The lowest BCUT2D eigenvalue weighted by Crippen LogP contribution is -2.52. The van der Waals surface area contributed by atoms with Gasteiger partial charge in [-0.1, -0.05) is 15.9 Å². The summed E-state index contributed by atoms with van der Waals surface area (Å²) < 4.78 is 40.1. The zero-order valence-corrected chi connectivity index (χ0v) is 16.6. The average Bonchev–Trinajstić information content (AvgIpc) is 2.51. The van der Waals surface area contributed by atoms with Crippen LogP contribution >= 0.6 is 15.9 Å². The van der Waals surface area contributed by atoms with Crippen LogP contribution in [-0.2, 0) is 15.6 Å². The van der Waals surface area contributed by atoms with Gasteiger partial charge in [-0.15, -0.1) is 0 Å². The smallest absolute Gasteiger partial charge is 0.410 e. The van der Waals surface area contributed by atoms with Crippen LogP contribution in [0.3, 0.4) is 0 Å². The predicted molar refractivity (Wildman–Crippen MR) is 95.7 cm³/mol. The molecular weight excluding hydrogens is 417 g/mol. The van der Waals surface area contributed by atoms with Crippen molar-refractivity contribution < 1.29 is 22.7 Å². The molecule has 1 aromatic carbocycles. The van der Waals surface area contributed by atoms with Gasteiger partial charge in [-0.2, -0.15) is 0 Å². The summed E-state index contributed by atoms with van der Waals surface area (Å²) in [5, 5.41) is 11.2. The number of amidine groups is 1. The van der Waals surface area contributed by atoms with E-state index in [1.807, 2.05) is 0 Å². The van der Waals surface area contributed by atoms with E-state index in [4.69, 9.17) is 5.11 Å². The van der Waals surface area contributed by atoms with Crippen LogP contribution in [0.2, 0.25) is 0 Å². The summed E-state index contributed by atoms with van der Waals surface area (Å²) >= 11 is 3.27. The molecule has 2 N–H and O–H groups in total. The van der Waals surface area contributed by atoms with Crippen LogP contribution in [0.5, 0.6) is 0 Å². The third-order valence-electron chi connectivity index (χ3n) is 4.25. The number of rotatable bonds is 1. The largest absolute Gasteiger partial charge is 0.465 e. The molecule has 1 aliphatic heterocycles. The second kappa shape index (κ2) is 6.33. The van der Waals surface area contributed by atoms with E-state index in [2.05, 4.69) is 26.2 Å². The summed E-state index contributed by atoms with van der Waals surface area (Å²) in [6.07, 6.45) is -1.44. The van der Waals surface area contributed by atoms with Crippen LogP contribution < -0.4 is 5.32 Å². The predicted octanol–water partition coefficient (Wildman–Crippen LogP) is 2.52. The molecule has 0 aliphatic carbocycles. The van der Waals surface area contributed by atoms with E-state index < -0.39 is 32.2 Å². The summed E-state index contributed by atoms with van der Waals surface area (Å²) in [6.45, 7) is 4.14. The summed E-state index contributed by atoms with van der Waals surface area (Å²) in [5.74, 6) is -0.819. The fourth-order valence-electron chi connectivity index (χ4n) is 2.78. The number of amides is 1. The minimum atomic E-state index is -3.93. The van der Waals surface area contributed by atoms with Crippen LogP contribution in [0, 0.1) is 5.82 Å². The highest BCUT2D eigenvalue weighted by Crippen LogP contribution is 2.37. The maximum atomic E-state index is 14.4. The van der Waals surface area contributed by atoms with Crippen molar-refractivity contribution in [1.29, 1.82) is 0 Å². The number of carboxylic acid groups (broad SMARTS) is 1. The van der Waals surface area contributed by atoms with E-state index in [-0.39, 0.29) is 17.9 Å². The van der Waals surface area contributed by atoms with Crippen molar-refractivity contribution in [2.75, 3.05) is 13.6 Å². The van der Waals surface area contributed by atoms with E-state index in [1.54, 1.807) is 6.92 Å². The van der Waals surface area contributed by atoms with E-state index in [9.17, 15) is 17.6 Å². The first-order valence-electron chi connectivity index (χ1n) is 7.33. The van der Waals surface area contributed by atoms with Crippen molar-refractivity contribution >= 4 is 37.9 Å². The minimum absolute atomic E-state index is 0.142. The molecule has 1 aliphatic rings. The normalized spacial score (nSPS) is 25.8. The van der Waals surface area contributed by atoms with Crippen LogP contribution in [0.25, 0.3) is 0 Å². The van der Waals surface area contributed by atoms with E-state index >= 15 is 0 Å². The zero-order valence-electron chi connectivity index (χ0n) is 14.2. The molecule has 0 saturated carbocycles. The molecule has 1 aromatic rings. The summed E-state index contributed by atoms with van der Waals surface area (Å²) in [5.41, 5.74) is -1.16. The topological polar surface area (TPSA) is 99.1 Å². The maximum Gasteiger partial charge on any atom is 0.410 e. The molecule has 0 spiro atoms. The number of sulfonamides is 1. The lowest BCUT2D eigenvalue weighted by atomic mass is 9.91. The molecule has 0 aromatic heterocycles. The van der Waals surface area contributed by atoms with E-state index in [0.29, 0.717) is 4.47 Å². The molecule has 0 radical (unpaired) electrons. The van der Waals surface area contributed by atoms with Gasteiger partial charge in [0.15, 0.2) is 0 Å². The van der Waals surface area contributed by atoms with E-state index in [1.165, 1.54) is 39.1 Å². The van der Waals surface area contributed by atoms with Crippen molar-refractivity contribution in [2.45, 2.75) is 31.1 Å². The summed E-state index contributed by atoms with van der Waals surface area (Å²) in [7, 11) is -2.56. The van der Waals surface area contributed by atoms with Crippen LogP contribution in [0.15, 0.2) is 27.7 Å². The van der Waals surface area contributed by atoms with Crippen LogP contribution in [0.1, 0.15) is 26.3 Å². The number of aliphatic imine (C=N–C) groups is 1. The average molecular weight is 436 g/mol. The first kappa shape index (κ1) is 19.8. The fraction of sp³-hybridized carbons (Fsp3) is 0.467. The molecule has 1 heterocycles. The van der Waals surface area contributed by atoms with Crippen LogP contribution in [-0.4, -0.2) is 48.1 Å². The van der Waals surface area contributed by atoms with Crippen molar-refractivity contribution in [1.82, 2.24) is 9.62 Å². The molecule has 7 nitrogen and oxygen atoms in total. The number of benzene rings is 1. The van der Waals surface area contributed by atoms with Crippen LogP contribution in [0.4, 0.5) is 9.18 Å². The van der Waals surface area contributed by atoms with Gasteiger partial charge >= 0.3 is 6.09 Å². The molecule has 0 fully saturated rings. The third-order valence-corrected chi connectivity index (χ3v) is 7.17. The first-order chi connectivity index (χ1) is 11.3. The zero-order chi connectivity index (χ0) is 19.2. The molecule has 138 valence electrons. The maximum absolute atomic E-state index is 14.4. The van der Waals surface area contributed by atoms with Gasteiger partial charge in [0.2, 0.25) is 10.0 Å². The van der Waals surface area contributed by atoms with Gasteiger partial charge in [0.05, 0.1) is 0 Å². The standard InChI is InChI=1S/C15H19BrFN3O4S/c1-14(2)12(18-13(21)22)19-15(3,8-20(4)25(14,23)24)10-7-9(16)5-6-11(10)17/h5-7H,8H2,1-4H3,(H,18,19)(H,21,22). The number of hydrogen-bond acceptors (Lipinski definition) is 4. The molecule has 1 atom stereocenters. The monoisotopic (exact) mass is 435 g/mol. The Bertz CT molecular complexity index is 856. The summed E-state index contributed by atoms with van der Waals surface area (Å²) in [4.78, 5) is 15.5. The number of nitrogens with zero attached hydrogens (tertiary/aromatic N) is 2. The highest BCUT2D eigenvalue weighted by molar-refractivity contribution is 9.10. The second-order valence-corrected chi connectivity index (χ2v) is 10.1. The Morgan fingerprint density at radius 3 is 2.56 bits per heavy atom. The Morgan fingerprint density at radius 1 is 1.40 bits per heavy atom. The Kier molecular flexibility index (Phi) is 5.01. The Hall–Kier alpha value is -1.52. The van der Waals surface area contributed by atoms with Gasteiger partial charge < -0.3 is 5.11 Å². The first-order valence-corrected chi connectivity index (χ1v) is 9.56. The molecule has 0 saturated heterocycles. The van der Waals surface area contributed by atoms with Gasteiger partial charge in [0, 0.05) is 23.6 Å². The van der Waals surface area contributed by atoms with Gasteiger partial charge in [0.25, 0.3) is 0 Å². The molecule has 0 bridgehead atoms. The Morgan fingerprint density at radius 2 is 2.00 bits per heavy atom. The van der Waals surface area contributed by atoms with Gasteiger partial charge in [-0.25, -0.2) is 21.9 Å². The highest BCUT2D eigenvalue weighted by Gasteiger charge is 2.49. The minimum Gasteiger partial charge on any atom is -0.465 e. The van der Waals surface area contributed by atoms with Crippen molar-refractivity contribution in [2.24, 2.45) is 4.99 Å². The SMILES string of the molecule is CN1CC(C)(c2cc(Br)ccc2F)N=C(NC(=O)O)C(C)(C)S1(=O)=O. The van der Waals surface area contributed by atoms with Crippen molar-refractivity contribution in [3.8, 4) is 0 Å². The molecule has 25 heavy (non-hydrogen) atoms. The quantitative estimate of drug-likeness (QED) is 0.707. The highest BCUT2D eigenvalue weighted by atomic mass is 79.9. The second-order valence-electron chi connectivity index (χ2n) is 6.56. The summed E-state index contributed by atoms with van der Waals surface area (Å²) in [6, 6.07) is 4.27. The van der Waals surface area contributed by atoms with Gasteiger partial charge in [-0.05, 0) is 39.0 Å². The molecule has 2 rings (SSSR count). The third kappa shape index (κ3) is 3.42. The molecule has 10 heteroatoms.